The fourth-order valence-corrected chi connectivity index (χ4v) is 1.50. The van der Waals surface area contributed by atoms with Crippen molar-refractivity contribution in [3.63, 3.8) is 0 Å². The van der Waals surface area contributed by atoms with Crippen LogP contribution in [0.1, 0.15) is 30.1 Å². The van der Waals surface area contributed by atoms with Crippen LogP contribution in [-0.4, -0.2) is 37.4 Å². The van der Waals surface area contributed by atoms with Gasteiger partial charge in [0.1, 0.15) is 5.56 Å². The fourth-order valence-electron chi connectivity index (χ4n) is 1.50. The van der Waals surface area contributed by atoms with Crippen LogP contribution < -0.4 is 9.47 Å². The van der Waals surface area contributed by atoms with E-state index in [1.807, 2.05) is 6.92 Å². The van der Waals surface area contributed by atoms with E-state index in [0.29, 0.717) is 6.61 Å². The molecule has 1 rings (SSSR count). The number of rotatable bonds is 8. The summed E-state index contributed by atoms with van der Waals surface area (Å²) in [5, 5.41) is 9.07. The van der Waals surface area contributed by atoms with Crippen LogP contribution in [0.25, 0.3) is 0 Å². The molecule has 1 aromatic rings. The number of carboxylic acid groups (broad SMARTS) is 1. The maximum Gasteiger partial charge on any atom is 0.344 e. The van der Waals surface area contributed by atoms with Crippen LogP contribution in [0, 0.1) is 0 Å². The number of methoxy groups -OCH3 is 1. The smallest absolute Gasteiger partial charge is 0.344 e. The molecule has 0 amide bonds. The van der Waals surface area contributed by atoms with E-state index in [2.05, 4.69) is 0 Å². The molecule has 0 radical (unpaired) electrons. The Kier molecular flexibility index (Phi) is 6.36. The molecular formula is C14H18O6. The number of hydrogen-bond donors (Lipinski definition) is 1. The minimum atomic E-state index is -1.15. The van der Waals surface area contributed by atoms with E-state index < -0.39 is 11.9 Å². The van der Waals surface area contributed by atoms with E-state index in [1.165, 1.54) is 19.2 Å². The number of benzene rings is 1. The molecule has 0 atom stereocenters. The van der Waals surface area contributed by atoms with Crippen LogP contribution in [0.4, 0.5) is 0 Å². The number of esters is 1. The largest absolute Gasteiger partial charge is 0.493 e. The maximum absolute atomic E-state index is 11.4. The molecule has 0 aliphatic heterocycles. The Hall–Kier alpha value is -2.24. The second-order valence-electron chi connectivity index (χ2n) is 4.00. The normalized spacial score (nSPS) is 9.90. The summed E-state index contributed by atoms with van der Waals surface area (Å²) in [5.41, 5.74) is -0.0642. The Bertz CT molecular complexity index is 469. The van der Waals surface area contributed by atoms with Gasteiger partial charge in [-0.1, -0.05) is 19.4 Å². The van der Waals surface area contributed by atoms with Crippen molar-refractivity contribution in [1.29, 1.82) is 0 Å². The summed E-state index contributed by atoms with van der Waals surface area (Å²) in [6.07, 6.45) is 1.70. The third-order valence-electron chi connectivity index (χ3n) is 2.52. The summed E-state index contributed by atoms with van der Waals surface area (Å²) in [5.74, 6) is -1.42. The lowest BCUT2D eigenvalue weighted by Crippen LogP contribution is -2.17. The summed E-state index contributed by atoms with van der Waals surface area (Å²) in [7, 11) is 1.40. The topological polar surface area (TPSA) is 82.1 Å². The van der Waals surface area contributed by atoms with Crippen LogP contribution in [0.2, 0.25) is 0 Å². The minimum Gasteiger partial charge on any atom is -0.493 e. The number of unbranched alkanes of at least 4 members (excludes halogenated alkanes) is 1. The third-order valence-corrected chi connectivity index (χ3v) is 2.52. The number of ether oxygens (including phenoxy) is 3. The van der Waals surface area contributed by atoms with Crippen LogP contribution in [0.5, 0.6) is 11.5 Å². The lowest BCUT2D eigenvalue weighted by atomic mass is 10.2. The summed E-state index contributed by atoms with van der Waals surface area (Å²) in [4.78, 5) is 22.5. The van der Waals surface area contributed by atoms with E-state index in [4.69, 9.17) is 19.3 Å². The molecule has 0 aromatic heterocycles. The van der Waals surface area contributed by atoms with Crippen LogP contribution >= 0.6 is 0 Å². The Labute approximate surface area is 117 Å². The quantitative estimate of drug-likeness (QED) is 0.581. The maximum atomic E-state index is 11.4. The average molecular weight is 282 g/mol. The van der Waals surface area contributed by atoms with Crippen LogP contribution in [0.3, 0.4) is 0 Å². The zero-order chi connectivity index (χ0) is 15.0. The van der Waals surface area contributed by atoms with E-state index in [-0.39, 0.29) is 23.7 Å². The highest BCUT2D eigenvalue weighted by atomic mass is 16.6. The predicted octanol–water partition coefficient (Wildman–Crippen LogP) is 2.12. The molecule has 6 nitrogen and oxygen atoms in total. The highest BCUT2D eigenvalue weighted by molar-refractivity contribution is 5.92. The van der Waals surface area contributed by atoms with Gasteiger partial charge in [0.15, 0.2) is 18.1 Å². The molecule has 0 bridgehead atoms. The number of hydrogen-bond acceptors (Lipinski definition) is 5. The first-order chi connectivity index (χ1) is 9.60. The van der Waals surface area contributed by atoms with Gasteiger partial charge in [-0.25, -0.2) is 9.59 Å². The third kappa shape index (κ3) is 4.46. The van der Waals surface area contributed by atoms with Gasteiger partial charge in [0.25, 0.3) is 0 Å². The van der Waals surface area contributed by atoms with Gasteiger partial charge in [0.2, 0.25) is 0 Å². The van der Waals surface area contributed by atoms with Crippen molar-refractivity contribution in [2.75, 3.05) is 20.3 Å². The van der Waals surface area contributed by atoms with Crippen molar-refractivity contribution < 1.29 is 28.9 Å². The standard InChI is InChI=1S/C14H18O6/c1-3-4-8-19-12(15)9-20-13-10(14(16)17)6-5-7-11(13)18-2/h5-7H,3-4,8-9H2,1-2H3,(H,16,17). The second kappa shape index (κ2) is 8.04. The van der Waals surface area contributed by atoms with Gasteiger partial charge in [0.05, 0.1) is 13.7 Å². The number of aromatic carboxylic acids is 1. The van der Waals surface area contributed by atoms with Gasteiger partial charge in [-0.3, -0.25) is 0 Å². The number of para-hydroxylation sites is 1. The van der Waals surface area contributed by atoms with Crippen LogP contribution in [0.15, 0.2) is 18.2 Å². The molecule has 0 saturated carbocycles. The number of carboxylic acids is 1. The number of carbonyl (C=O) groups excluding carboxylic acids is 1. The SMILES string of the molecule is CCCCOC(=O)COc1c(OC)cccc1C(=O)O. The van der Waals surface area contributed by atoms with Gasteiger partial charge in [0, 0.05) is 0 Å². The molecule has 1 aromatic carbocycles. The van der Waals surface area contributed by atoms with Crippen molar-refractivity contribution in [1.82, 2.24) is 0 Å². The Morgan fingerprint density at radius 2 is 2.05 bits per heavy atom. The first kappa shape index (κ1) is 15.8. The number of carbonyl (C=O) groups is 2. The first-order valence-corrected chi connectivity index (χ1v) is 6.28. The van der Waals surface area contributed by atoms with Crippen molar-refractivity contribution in [3.8, 4) is 11.5 Å². The molecule has 20 heavy (non-hydrogen) atoms. The van der Waals surface area contributed by atoms with Gasteiger partial charge in [-0.2, -0.15) is 0 Å². The molecular weight excluding hydrogens is 264 g/mol. The predicted molar refractivity (Wildman–Crippen MR) is 71.3 cm³/mol. The Morgan fingerprint density at radius 3 is 2.65 bits per heavy atom. The van der Waals surface area contributed by atoms with Crippen molar-refractivity contribution in [2.45, 2.75) is 19.8 Å². The highest BCUT2D eigenvalue weighted by Gasteiger charge is 2.17. The van der Waals surface area contributed by atoms with Crippen molar-refractivity contribution in [2.24, 2.45) is 0 Å². The van der Waals surface area contributed by atoms with Crippen LogP contribution in [-0.2, 0) is 9.53 Å². The molecule has 0 spiro atoms. The van der Waals surface area contributed by atoms with E-state index >= 15 is 0 Å². The lowest BCUT2D eigenvalue weighted by Gasteiger charge is -2.12. The zero-order valence-electron chi connectivity index (χ0n) is 11.5. The summed E-state index contributed by atoms with van der Waals surface area (Å²) in [6, 6.07) is 4.47. The Balaban J connectivity index is 2.71. The molecule has 0 fully saturated rings. The fraction of sp³-hybridized carbons (Fsp3) is 0.429. The lowest BCUT2D eigenvalue weighted by molar-refractivity contribution is -0.146. The second-order valence-corrected chi connectivity index (χ2v) is 4.00. The van der Waals surface area contributed by atoms with Gasteiger partial charge in [-0.15, -0.1) is 0 Å². The molecule has 110 valence electrons. The molecule has 6 heteroatoms. The molecule has 0 aliphatic carbocycles. The first-order valence-electron chi connectivity index (χ1n) is 6.28. The summed E-state index contributed by atoms with van der Waals surface area (Å²) < 4.78 is 15.2. The van der Waals surface area contributed by atoms with Gasteiger partial charge < -0.3 is 19.3 Å². The molecule has 0 heterocycles. The van der Waals surface area contributed by atoms with E-state index in [9.17, 15) is 9.59 Å². The molecule has 0 unspecified atom stereocenters. The molecule has 0 saturated heterocycles. The zero-order valence-corrected chi connectivity index (χ0v) is 11.5. The molecule has 1 N–H and O–H groups in total. The minimum absolute atomic E-state index is 0.0231. The monoisotopic (exact) mass is 282 g/mol. The summed E-state index contributed by atoms with van der Waals surface area (Å²) in [6.45, 7) is 1.96. The average Bonchev–Trinajstić information content (AvgIpc) is 2.44. The van der Waals surface area contributed by atoms with Crippen molar-refractivity contribution in [3.05, 3.63) is 23.8 Å². The summed E-state index contributed by atoms with van der Waals surface area (Å²) >= 11 is 0. The highest BCUT2D eigenvalue weighted by Crippen LogP contribution is 2.31. The van der Waals surface area contributed by atoms with E-state index in [0.717, 1.165) is 12.8 Å². The molecule has 0 aliphatic rings. The van der Waals surface area contributed by atoms with Gasteiger partial charge >= 0.3 is 11.9 Å². The van der Waals surface area contributed by atoms with E-state index in [1.54, 1.807) is 6.07 Å². The Morgan fingerprint density at radius 1 is 1.30 bits per heavy atom. The van der Waals surface area contributed by atoms with Gasteiger partial charge in [-0.05, 0) is 18.6 Å². The van der Waals surface area contributed by atoms with Crippen molar-refractivity contribution >= 4 is 11.9 Å².